The van der Waals surface area contributed by atoms with Crippen LogP contribution < -0.4 is 5.32 Å². The molecule has 2 aromatic rings. The molecule has 1 aliphatic rings. The van der Waals surface area contributed by atoms with Crippen LogP contribution in [0.4, 0.5) is 5.82 Å². The smallest absolute Gasteiger partial charge is 0.241 e. The van der Waals surface area contributed by atoms with E-state index in [1.54, 1.807) is 22.5 Å². The number of rotatable bonds is 2. The van der Waals surface area contributed by atoms with Crippen molar-refractivity contribution in [2.75, 3.05) is 5.32 Å². The van der Waals surface area contributed by atoms with E-state index in [4.69, 9.17) is 23.2 Å². The van der Waals surface area contributed by atoms with Gasteiger partial charge in [0, 0.05) is 22.7 Å². The number of anilines is 1. The second-order valence-corrected chi connectivity index (χ2v) is 9.63. The Hall–Kier alpha value is -1.17. The first-order valence-corrected chi connectivity index (χ1v) is 9.76. The first-order chi connectivity index (χ1) is 11.6. The third-order valence-corrected chi connectivity index (χ3v) is 6.42. The predicted molar refractivity (Wildman–Crippen MR) is 106 cm³/mol. The van der Waals surface area contributed by atoms with Crippen molar-refractivity contribution in [3.05, 3.63) is 45.1 Å². The van der Waals surface area contributed by atoms with Crippen LogP contribution in [0.1, 0.15) is 55.7 Å². The largest absolute Gasteiger partial charge is 0.309 e. The minimum Gasteiger partial charge on any atom is -0.309 e. The Kier molecular flexibility index (Phi) is 4.86. The van der Waals surface area contributed by atoms with Crippen LogP contribution in [0.5, 0.6) is 0 Å². The van der Waals surface area contributed by atoms with Crippen molar-refractivity contribution in [2.24, 2.45) is 7.05 Å². The van der Waals surface area contributed by atoms with Crippen molar-refractivity contribution in [2.45, 2.75) is 43.6 Å². The van der Waals surface area contributed by atoms with Crippen molar-refractivity contribution < 1.29 is 4.79 Å². The van der Waals surface area contributed by atoms with Gasteiger partial charge in [-0.15, -0.1) is 11.8 Å². The number of thioether (sulfide) groups is 1. The highest BCUT2D eigenvalue weighted by molar-refractivity contribution is 8.01. The second-order valence-electron chi connectivity index (χ2n) is 7.05. The molecule has 1 unspecified atom stereocenters. The van der Waals surface area contributed by atoms with Crippen molar-refractivity contribution in [1.29, 1.82) is 0 Å². The molecule has 0 fully saturated rings. The highest BCUT2D eigenvalue weighted by atomic mass is 35.5. The van der Waals surface area contributed by atoms with Crippen LogP contribution in [-0.2, 0) is 11.8 Å². The van der Waals surface area contributed by atoms with Gasteiger partial charge in [0.1, 0.15) is 5.82 Å². The molecule has 25 heavy (non-hydrogen) atoms. The lowest BCUT2D eigenvalue weighted by atomic mass is 9.98. The van der Waals surface area contributed by atoms with E-state index in [9.17, 15) is 4.79 Å². The normalized spacial score (nSPS) is 19.5. The van der Waals surface area contributed by atoms with Gasteiger partial charge in [-0.05, 0) is 37.5 Å². The molecule has 1 aromatic heterocycles. The third kappa shape index (κ3) is 3.29. The highest BCUT2D eigenvalue weighted by Crippen LogP contribution is 2.51. The van der Waals surface area contributed by atoms with Gasteiger partial charge >= 0.3 is 0 Å². The molecular weight excluding hydrogens is 377 g/mol. The zero-order valence-corrected chi connectivity index (χ0v) is 17.2. The number of carbonyl (C=O) groups is 1. The number of carbonyl (C=O) groups excluding carboxylic acids is 1. The average Bonchev–Trinajstić information content (AvgIpc) is 2.77. The number of amides is 1. The van der Waals surface area contributed by atoms with Gasteiger partial charge in [0.25, 0.3) is 0 Å². The SMILES string of the molecule is CC(C)c1nn(C)c2c1C(c1ccc(Cl)cc1Cl)SC(C)(C)C(=O)N2. The van der Waals surface area contributed by atoms with Gasteiger partial charge in [0.2, 0.25) is 5.91 Å². The lowest BCUT2D eigenvalue weighted by molar-refractivity contribution is -0.117. The summed E-state index contributed by atoms with van der Waals surface area (Å²) in [5.41, 5.74) is 2.93. The molecule has 0 saturated heterocycles. The molecule has 4 nitrogen and oxygen atoms in total. The van der Waals surface area contributed by atoms with E-state index >= 15 is 0 Å². The minimum absolute atomic E-state index is 0.0374. The Morgan fingerprint density at radius 2 is 2.00 bits per heavy atom. The van der Waals surface area contributed by atoms with Gasteiger partial charge in [0.15, 0.2) is 0 Å². The van der Waals surface area contributed by atoms with E-state index < -0.39 is 4.75 Å². The van der Waals surface area contributed by atoms with Crippen molar-refractivity contribution in [3.63, 3.8) is 0 Å². The standard InChI is InChI=1S/C18H21Cl2N3OS/c1-9(2)14-13-15(11-7-6-10(19)8-12(11)20)25-18(3,4)17(24)21-16(13)23(5)22-14/h6-9,15H,1-5H3,(H,21,24). The van der Waals surface area contributed by atoms with Crippen molar-refractivity contribution >= 4 is 46.7 Å². The summed E-state index contributed by atoms with van der Waals surface area (Å²) in [7, 11) is 1.86. The summed E-state index contributed by atoms with van der Waals surface area (Å²) in [5, 5.41) is 8.80. The monoisotopic (exact) mass is 397 g/mol. The Balaban J connectivity index is 2.28. The summed E-state index contributed by atoms with van der Waals surface area (Å²) in [6, 6.07) is 5.52. The zero-order chi connectivity index (χ0) is 18.5. The number of aryl methyl sites for hydroxylation is 1. The molecule has 0 radical (unpaired) electrons. The molecule has 1 N–H and O–H groups in total. The summed E-state index contributed by atoms with van der Waals surface area (Å²) in [6.07, 6.45) is 0. The molecule has 1 amide bonds. The molecule has 0 aliphatic carbocycles. The maximum absolute atomic E-state index is 12.7. The Bertz CT molecular complexity index is 845. The fraction of sp³-hybridized carbons (Fsp3) is 0.444. The molecule has 1 aliphatic heterocycles. The molecule has 2 heterocycles. The van der Waals surface area contributed by atoms with E-state index in [1.165, 1.54) is 0 Å². The Labute approximate surface area is 162 Å². The number of nitrogens with one attached hydrogen (secondary N) is 1. The van der Waals surface area contributed by atoms with E-state index in [0.717, 1.165) is 22.6 Å². The van der Waals surface area contributed by atoms with E-state index in [1.807, 2.05) is 33.0 Å². The van der Waals surface area contributed by atoms with Gasteiger partial charge in [-0.3, -0.25) is 9.48 Å². The predicted octanol–water partition coefficient (Wildman–Crippen LogP) is 5.40. The molecule has 134 valence electrons. The summed E-state index contributed by atoms with van der Waals surface area (Å²) in [4.78, 5) is 12.7. The van der Waals surface area contributed by atoms with E-state index in [2.05, 4.69) is 24.3 Å². The van der Waals surface area contributed by atoms with Crippen molar-refractivity contribution in [3.8, 4) is 0 Å². The lowest BCUT2D eigenvalue weighted by Gasteiger charge is -2.26. The number of halogens is 2. The van der Waals surface area contributed by atoms with Crippen LogP contribution in [-0.4, -0.2) is 20.4 Å². The van der Waals surface area contributed by atoms with Gasteiger partial charge in [-0.25, -0.2) is 0 Å². The van der Waals surface area contributed by atoms with Crippen LogP contribution in [0.15, 0.2) is 18.2 Å². The molecule has 1 atom stereocenters. The van der Waals surface area contributed by atoms with Gasteiger partial charge < -0.3 is 5.32 Å². The molecule has 1 aromatic carbocycles. The molecular formula is C18H21Cl2N3OS. The fourth-order valence-electron chi connectivity index (χ4n) is 2.99. The molecule has 0 saturated carbocycles. The van der Waals surface area contributed by atoms with Crippen LogP contribution in [0, 0.1) is 0 Å². The van der Waals surface area contributed by atoms with Gasteiger partial charge in [-0.1, -0.05) is 43.1 Å². The quantitative estimate of drug-likeness (QED) is 0.737. The number of hydrogen-bond acceptors (Lipinski definition) is 3. The summed E-state index contributed by atoms with van der Waals surface area (Å²) in [5.74, 6) is 0.926. The maximum atomic E-state index is 12.7. The molecule has 0 spiro atoms. The third-order valence-electron chi connectivity index (χ3n) is 4.36. The first-order valence-electron chi connectivity index (χ1n) is 8.13. The Morgan fingerprint density at radius 3 is 2.60 bits per heavy atom. The minimum atomic E-state index is -0.610. The van der Waals surface area contributed by atoms with Crippen molar-refractivity contribution in [1.82, 2.24) is 9.78 Å². The lowest BCUT2D eigenvalue weighted by Crippen LogP contribution is -2.33. The maximum Gasteiger partial charge on any atom is 0.241 e. The molecule has 3 rings (SSSR count). The molecule has 7 heteroatoms. The van der Waals surface area contributed by atoms with Gasteiger partial charge in [0.05, 0.1) is 15.7 Å². The first kappa shape index (κ1) is 18.6. The Morgan fingerprint density at radius 1 is 1.32 bits per heavy atom. The summed E-state index contributed by atoms with van der Waals surface area (Å²) in [6.45, 7) is 8.06. The van der Waals surface area contributed by atoms with Gasteiger partial charge in [-0.2, -0.15) is 5.10 Å². The number of fused-ring (bicyclic) bond motifs is 1. The van der Waals surface area contributed by atoms with E-state index in [-0.39, 0.29) is 17.1 Å². The number of hydrogen-bond donors (Lipinski definition) is 1. The fourth-order valence-corrected chi connectivity index (χ4v) is 5.00. The average molecular weight is 398 g/mol. The van der Waals surface area contributed by atoms with E-state index in [0.29, 0.717) is 10.0 Å². The van der Waals surface area contributed by atoms with Crippen LogP contribution in [0.3, 0.4) is 0 Å². The summed E-state index contributed by atoms with van der Waals surface area (Å²) < 4.78 is 1.14. The summed E-state index contributed by atoms with van der Waals surface area (Å²) >= 11 is 14.2. The number of nitrogens with zero attached hydrogens (tertiary/aromatic N) is 2. The topological polar surface area (TPSA) is 46.9 Å². The number of aromatic nitrogens is 2. The number of benzene rings is 1. The second kappa shape index (κ2) is 6.53. The van der Waals surface area contributed by atoms with Crippen LogP contribution in [0.2, 0.25) is 10.0 Å². The molecule has 0 bridgehead atoms. The zero-order valence-electron chi connectivity index (χ0n) is 14.9. The highest BCUT2D eigenvalue weighted by Gasteiger charge is 2.41. The van der Waals surface area contributed by atoms with Crippen LogP contribution in [0.25, 0.3) is 0 Å². The van der Waals surface area contributed by atoms with Crippen LogP contribution >= 0.6 is 35.0 Å².